The van der Waals surface area contributed by atoms with Gasteiger partial charge in [0.25, 0.3) is 0 Å². The zero-order valence-corrected chi connectivity index (χ0v) is 6.76. The molecule has 0 N–H and O–H groups in total. The Labute approximate surface area is 61.9 Å². The maximum atomic E-state index is 9.97. The molecule has 0 aromatic heterocycles. The van der Waals surface area contributed by atoms with E-state index in [1.54, 1.807) is 13.2 Å². The Bertz CT molecular complexity index is 127. The van der Waals surface area contributed by atoms with E-state index in [0.717, 1.165) is 18.3 Å². The van der Waals surface area contributed by atoms with Gasteiger partial charge in [-0.3, -0.25) is 4.79 Å². The summed E-state index contributed by atoms with van der Waals surface area (Å²) in [7, 11) is 1.67. The predicted octanol–water partition coefficient (Wildman–Crippen LogP) is 1.56. The van der Waals surface area contributed by atoms with Gasteiger partial charge in [-0.15, -0.1) is 0 Å². The smallest absolute Gasteiger partial charge is 0.142 e. The van der Waals surface area contributed by atoms with Crippen LogP contribution < -0.4 is 0 Å². The van der Waals surface area contributed by atoms with E-state index in [-0.39, 0.29) is 6.10 Å². The Balaban J connectivity index is 3.66. The Hall–Kier alpha value is -0.630. The third-order valence-corrected chi connectivity index (χ3v) is 1.36. The van der Waals surface area contributed by atoms with Crippen LogP contribution in [0.15, 0.2) is 11.6 Å². The zero-order valence-electron chi connectivity index (χ0n) is 6.76. The summed E-state index contributed by atoms with van der Waals surface area (Å²) in [6, 6.07) is 0. The van der Waals surface area contributed by atoms with Crippen molar-refractivity contribution in [3.8, 4) is 0 Å². The molecule has 0 aromatic carbocycles. The molecule has 58 valence electrons. The molecule has 0 spiro atoms. The number of rotatable bonds is 4. The van der Waals surface area contributed by atoms with E-state index < -0.39 is 0 Å². The molecule has 0 aliphatic carbocycles. The second-order valence-corrected chi connectivity index (χ2v) is 2.40. The highest BCUT2D eigenvalue weighted by atomic mass is 16.5. The van der Waals surface area contributed by atoms with Crippen LogP contribution >= 0.6 is 0 Å². The van der Waals surface area contributed by atoms with Gasteiger partial charge < -0.3 is 4.74 Å². The van der Waals surface area contributed by atoms with Crippen LogP contribution in [0.4, 0.5) is 0 Å². The van der Waals surface area contributed by atoms with Gasteiger partial charge in [-0.25, -0.2) is 0 Å². The number of carbonyl (C=O) groups is 1. The number of hydrogen-bond acceptors (Lipinski definition) is 2. The third kappa shape index (κ3) is 4.27. The van der Waals surface area contributed by atoms with Crippen molar-refractivity contribution >= 4 is 6.29 Å². The first kappa shape index (κ1) is 9.37. The van der Waals surface area contributed by atoms with Crippen LogP contribution in [0.1, 0.15) is 20.3 Å². The lowest BCUT2D eigenvalue weighted by Crippen LogP contribution is -2.04. The molecule has 0 aliphatic heterocycles. The summed E-state index contributed by atoms with van der Waals surface area (Å²) in [5, 5.41) is 0. The first-order chi connectivity index (χ1) is 4.70. The van der Waals surface area contributed by atoms with E-state index in [2.05, 4.69) is 0 Å². The minimum absolute atomic E-state index is 0.205. The number of methoxy groups -OCH3 is 1. The van der Waals surface area contributed by atoms with Crippen LogP contribution in [0.2, 0.25) is 0 Å². The van der Waals surface area contributed by atoms with E-state index in [9.17, 15) is 4.79 Å². The number of ether oxygens (including phenoxy) is 1. The first-order valence-corrected chi connectivity index (χ1v) is 3.34. The second kappa shape index (κ2) is 5.18. The summed E-state index contributed by atoms with van der Waals surface area (Å²) in [5.74, 6) is 0. The van der Waals surface area contributed by atoms with E-state index >= 15 is 0 Å². The monoisotopic (exact) mass is 142 g/mol. The van der Waals surface area contributed by atoms with E-state index in [0.29, 0.717) is 0 Å². The molecule has 0 aliphatic rings. The lowest BCUT2D eigenvalue weighted by molar-refractivity contribution is -0.104. The van der Waals surface area contributed by atoms with Crippen LogP contribution in [-0.2, 0) is 9.53 Å². The summed E-state index contributed by atoms with van der Waals surface area (Å²) in [6.45, 7) is 3.89. The molecule has 1 atom stereocenters. The van der Waals surface area contributed by atoms with Gasteiger partial charge in [-0.1, -0.05) is 5.57 Å². The highest BCUT2D eigenvalue weighted by Gasteiger charge is 1.98. The normalized spacial score (nSPS) is 14.9. The largest absolute Gasteiger partial charge is 0.381 e. The minimum atomic E-state index is 0.205. The lowest BCUT2D eigenvalue weighted by Gasteiger charge is -2.07. The lowest BCUT2D eigenvalue weighted by atomic mass is 10.1. The molecule has 0 heterocycles. The van der Waals surface area contributed by atoms with Gasteiger partial charge in [-0.2, -0.15) is 0 Å². The van der Waals surface area contributed by atoms with Crippen molar-refractivity contribution in [3.05, 3.63) is 11.6 Å². The molecule has 0 saturated heterocycles. The maximum absolute atomic E-state index is 9.97. The van der Waals surface area contributed by atoms with E-state index in [4.69, 9.17) is 4.74 Å². The van der Waals surface area contributed by atoms with Gasteiger partial charge in [-0.05, 0) is 26.3 Å². The molecule has 0 saturated carbocycles. The summed E-state index contributed by atoms with van der Waals surface area (Å²) < 4.78 is 5.01. The van der Waals surface area contributed by atoms with E-state index in [1.165, 1.54) is 0 Å². The fourth-order valence-electron chi connectivity index (χ4n) is 0.721. The van der Waals surface area contributed by atoms with Crippen molar-refractivity contribution in [2.24, 2.45) is 0 Å². The summed E-state index contributed by atoms with van der Waals surface area (Å²) >= 11 is 0. The van der Waals surface area contributed by atoms with Gasteiger partial charge in [0.15, 0.2) is 0 Å². The third-order valence-electron chi connectivity index (χ3n) is 1.36. The van der Waals surface area contributed by atoms with Crippen LogP contribution in [0.5, 0.6) is 0 Å². The summed E-state index contributed by atoms with van der Waals surface area (Å²) in [5.41, 5.74) is 1.06. The second-order valence-electron chi connectivity index (χ2n) is 2.40. The van der Waals surface area contributed by atoms with Crippen molar-refractivity contribution in [1.82, 2.24) is 0 Å². The molecule has 2 nitrogen and oxygen atoms in total. The molecule has 1 unspecified atom stereocenters. The highest BCUT2D eigenvalue weighted by Crippen LogP contribution is 2.04. The average Bonchev–Trinajstić information content (AvgIpc) is 1.88. The van der Waals surface area contributed by atoms with Gasteiger partial charge in [0.2, 0.25) is 0 Å². The van der Waals surface area contributed by atoms with Crippen LogP contribution in [0.3, 0.4) is 0 Å². The van der Waals surface area contributed by atoms with Crippen molar-refractivity contribution in [3.63, 3.8) is 0 Å². The zero-order chi connectivity index (χ0) is 7.98. The molecule has 10 heavy (non-hydrogen) atoms. The topological polar surface area (TPSA) is 26.3 Å². The van der Waals surface area contributed by atoms with Crippen molar-refractivity contribution < 1.29 is 9.53 Å². The molecule has 0 fully saturated rings. The Morgan fingerprint density at radius 2 is 2.30 bits per heavy atom. The SMILES string of the molecule is COC(C)C/C(C)=C/C=O. The standard InChI is InChI=1S/C8H14O2/c1-7(4-5-9)6-8(2)10-3/h4-5,8H,6H2,1-3H3/b7-4+. The van der Waals surface area contributed by atoms with Crippen LogP contribution in [0.25, 0.3) is 0 Å². The Morgan fingerprint density at radius 1 is 1.70 bits per heavy atom. The van der Waals surface area contributed by atoms with Crippen LogP contribution in [-0.4, -0.2) is 19.5 Å². The maximum Gasteiger partial charge on any atom is 0.142 e. The molecular formula is C8H14O2. The quantitative estimate of drug-likeness (QED) is 0.440. The Morgan fingerprint density at radius 3 is 2.70 bits per heavy atom. The first-order valence-electron chi connectivity index (χ1n) is 3.34. The molecule has 0 radical (unpaired) electrons. The number of carbonyl (C=O) groups excluding carboxylic acids is 1. The average molecular weight is 142 g/mol. The van der Waals surface area contributed by atoms with Gasteiger partial charge in [0.05, 0.1) is 6.10 Å². The molecule has 0 aromatic rings. The van der Waals surface area contributed by atoms with Gasteiger partial charge in [0, 0.05) is 7.11 Å². The highest BCUT2D eigenvalue weighted by molar-refractivity contribution is 5.65. The van der Waals surface area contributed by atoms with E-state index in [1.807, 2.05) is 13.8 Å². The molecular weight excluding hydrogens is 128 g/mol. The van der Waals surface area contributed by atoms with Gasteiger partial charge in [0.1, 0.15) is 6.29 Å². The van der Waals surface area contributed by atoms with Crippen LogP contribution in [0, 0.1) is 0 Å². The van der Waals surface area contributed by atoms with Crippen molar-refractivity contribution in [2.45, 2.75) is 26.4 Å². The van der Waals surface area contributed by atoms with Crippen molar-refractivity contribution in [1.29, 1.82) is 0 Å². The number of hydrogen-bond donors (Lipinski definition) is 0. The van der Waals surface area contributed by atoms with Gasteiger partial charge >= 0.3 is 0 Å². The molecule has 0 bridgehead atoms. The number of allylic oxidation sites excluding steroid dienone is 1. The summed E-state index contributed by atoms with van der Waals surface area (Å²) in [6.07, 6.45) is 3.40. The Kier molecular flexibility index (Phi) is 4.85. The summed E-state index contributed by atoms with van der Waals surface area (Å²) in [4.78, 5) is 9.97. The molecule has 2 heteroatoms. The fraction of sp³-hybridized carbons (Fsp3) is 0.625. The minimum Gasteiger partial charge on any atom is -0.381 e. The predicted molar refractivity (Wildman–Crippen MR) is 40.9 cm³/mol. The number of aldehydes is 1. The fourth-order valence-corrected chi connectivity index (χ4v) is 0.721. The molecule has 0 amide bonds. The van der Waals surface area contributed by atoms with Crippen molar-refractivity contribution in [2.75, 3.05) is 7.11 Å². The molecule has 0 rings (SSSR count).